The first-order chi connectivity index (χ1) is 12.1. The van der Waals surface area contributed by atoms with Gasteiger partial charge in [0.1, 0.15) is 11.5 Å². The van der Waals surface area contributed by atoms with Crippen molar-refractivity contribution in [1.29, 1.82) is 0 Å². The summed E-state index contributed by atoms with van der Waals surface area (Å²) in [5.74, 6) is 3.33. The van der Waals surface area contributed by atoms with E-state index in [1.165, 1.54) is 12.0 Å². The van der Waals surface area contributed by atoms with Gasteiger partial charge in [-0.05, 0) is 56.3 Å². The minimum absolute atomic E-state index is 0.230. The van der Waals surface area contributed by atoms with Gasteiger partial charge in [0.05, 0.1) is 0 Å². The van der Waals surface area contributed by atoms with Crippen LogP contribution in [-0.2, 0) is 11.3 Å². The molecule has 2 heterocycles. The average Bonchev–Trinajstić information content (AvgIpc) is 3.21. The Morgan fingerprint density at radius 3 is 2.60 bits per heavy atom. The van der Waals surface area contributed by atoms with Crippen LogP contribution >= 0.6 is 0 Å². The molecule has 2 fully saturated rings. The summed E-state index contributed by atoms with van der Waals surface area (Å²) < 4.78 is 5.69. The number of furan rings is 1. The molecule has 25 heavy (non-hydrogen) atoms. The molecule has 0 bridgehead atoms. The van der Waals surface area contributed by atoms with Crippen LogP contribution in [0, 0.1) is 18.8 Å². The third-order valence-electron chi connectivity index (χ3n) is 5.86. The van der Waals surface area contributed by atoms with Gasteiger partial charge in [-0.15, -0.1) is 0 Å². The van der Waals surface area contributed by atoms with Gasteiger partial charge < -0.3 is 9.73 Å². The van der Waals surface area contributed by atoms with Gasteiger partial charge in [-0.25, -0.2) is 0 Å². The number of aryl methyl sites for hydroxylation is 1. The van der Waals surface area contributed by atoms with E-state index >= 15 is 0 Å². The SMILES string of the molecule is Cc1ccc(-c2ccc(CN(C)[C@H]3C[C@H]4CNC(=O)C[C@H]4C3)cc2)o1. The summed E-state index contributed by atoms with van der Waals surface area (Å²) in [6.45, 7) is 3.78. The number of nitrogens with one attached hydrogen (secondary N) is 1. The molecule has 0 radical (unpaired) electrons. The van der Waals surface area contributed by atoms with Crippen LogP contribution in [-0.4, -0.2) is 30.4 Å². The van der Waals surface area contributed by atoms with Crippen molar-refractivity contribution in [3.8, 4) is 11.3 Å². The van der Waals surface area contributed by atoms with E-state index < -0.39 is 0 Å². The molecule has 1 aliphatic heterocycles. The summed E-state index contributed by atoms with van der Waals surface area (Å²) >= 11 is 0. The molecule has 1 amide bonds. The van der Waals surface area contributed by atoms with Gasteiger partial charge in [-0.2, -0.15) is 0 Å². The first-order valence-electron chi connectivity index (χ1n) is 9.21. The van der Waals surface area contributed by atoms with Gasteiger partial charge >= 0.3 is 0 Å². The Labute approximate surface area is 149 Å². The number of rotatable bonds is 4. The van der Waals surface area contributed by atoms with Gasteiger partial charge in [-0.3, -0.25) is 9.69 Å². The minimum Gasteiger partial charge on any atom is -0.461 e. The molecule has 1 saturated carbocycles. The maximum atomic E-state index is 11.6. The van der Waals surface area contributed by atoms with E-state index in [1.807, 2.05) is 19.1 Å². The van der Waals surface area contributed by atoms with Crippen LogP contribution < -0.4 is 5.32 Å². The van der Waals surface area contributed by atoms with E-state index in [4.69, 9.17) is 4.42 Å². The zero-order valence-corrected chi connectivity index (χ0v) is 15.0. The third kappa shape index (κ3) is 3.49. The molecular weight excluding hydrogens is 312 g/mol. The Morgan fingerprint density at radius 2 is 1.88 bits per heavy atom. The standard InChI is InChI=1S/C21H26N2O2/c1-14-3-8-20(25-14)16-6-4-15(5-7-16)13-23(2)19-9-17-11-21(24)22-12-18(17)10-19/h3-8,17-19H,9-13H2,1-2H3,(H,22,24)/t17-,18+,19-/m1/s1. The van der Waals surface area contributed by atoms with Gasteiger partial charge in [0.2, 0.25) is 5.91 Å². The number of amides is 1. The summed E-state index contributed by atoms with van der Waals surface area (Å²) in [6, 6.07) is 13.3. The van der Waals surface area contributed by atoms with Crippen LogP contribution in [0.2, 0.25) is 0 Å². The van der Waals surface area contributed by atoms with Crippen molar-refractivity contribution in [3.63, 3.8) is 0 Å². The molecule has 1 N–H and O–H groups in total. The molecule has 1 aromatic heterocycles. The largest absolute Gasteiger partial charge is 0.461 e. The van der Waals surface area contributed by atoms with Crippen LogP contribution in [0.1, 0.15) is 30.6 Å². The van der Waals surface area contributed by atoms with Crippen LogP contribution in [0.5, 0.6) is 0 Å². The predicted octanol–water partition coefficient (Wildman–Crippen LogP) is 3.60. The predicted molar refractivity (Wildman–Crippen MR) is 98.0 cm³/mol. The molecule has 2 aromatic rings. The average molecular weight is 338 g/mol. The normalized spacial score (nSPS) is 25.9. The summed E-state index contributed by atoms with van der Waals surface area (Å²) in [4.78, 5) is 14.0. The van der Waals surface area contributed by atoms with Gasteiger partial charge in [0.25, 0.3) is 0 Å². The number of carbonyl (C=O) groups is 1. The highest BCUT2D eigenvalue weighted by Gasteiger charge is 2.39. The lowest BCUT2D eigenvalue weighted by Crippen LogP contribution is -2.38. The Bertz CT molecular complexity index is 750. The monoisotopic (exact) mass is 338 g/mol. The zero-order chi connectivity index (χ0) is 17.4. The van der Waals surface area contributed by atoms with E-state index in [9.17, 15) is 4.79 Å². The highest BCUT2D eigenvalue weighted by molar-refractivity contribution is 5.77. The maximum Gasteiger partial charge on any atom is 0.220 e. The van der Waals surface area contributed by atoms with Gasteiger partial charge in [0, 0.05) is 31.1 Å². The molecule has 4 nitrogen and oxygen atoms in total. The number of carbonyl (C=O) groups excluding carboxylic acids is 1. The molecule has 2 aliphatic rings. The van der Waals surface area contributed by atoms with Crippen molar-refractivity contribution in [2.45, 2.75) is 38.8 Å². The fourth-order valence-corrected chi connectivity index (χ4v) is 4.38. The molecule has 4 heteroatoms. The topological polar surface area (TPSA) is 45.5 Å². The molecular formula is C21H26N2O2. The number of nitrogens with zero attached hydrogens (tertiary/aromatic N) is 1. The molecule has 1 aliphatic carbocycles. The molecule has 132 valence electrons. The summed E-state index contributed by atoms with van der Waals surface area (Å²) in [5, 5.41) is 3.02. The van der Waals surface area contributed by atoms with Crippen LogP contribution in [0.15, 0.2) is 40.8 Å². The van der Waals surface area contributed by atoms with Crippen molar-refractivity contribution in [2.75, 3.05) is 13.6 Å². The Hall–Kier alpha value is -2.07. The summed E-state index contributed by atoms with van der Waals surface area (Å²) in [5.41, 5.74) is 2.44. The maximum absolute atomic E-state index is 11.6. The van der Waals surface area contributed by atoms with Crippen molar-refractivity contribution >= 4 is 5.91 Å². The fraction of sp³-hybridized carbons (Fsp3) is 0.476. The number of hydrogen-bond donors (Lipinski definition) is 1. The molecule has 1 aromatic carbocycles. The minimum atomic E-state index is 0.230. The number of hydrogen-bond acceptors (Lipinski definition) is 3. The third-order valence-corrected chi connectivity index (χ3v) is 5.86. The van der Waals surface area contributed by atoms with Crippen LogP contribution in [0.3, 0.4) is 0 Å². The molecule has 0 unspecified atom stereocenters. The molecule has 0 spiro atoms. The second-order valence-electron chi connectivity index (χ2n) is 7.68. The highest BCUT2D eigenvalue weighted by Crippen LogP contribution is 2.38. The number of benzene rings is 1. The second kappa shape index (κ2) is 6.68. The first kappa shape index (κ1) is 16.4. The van der Waals surface area contributed by atoms with E-state index in [0.717, 1.165) is 36.6 Å². The summed E-state index contributed by atoms with van der Waals surface area (Å²) in [7, 11) is 2.21. The van der Waals surface area contributed by atoms with Gasteiger partial charge in [0.15, 0.2) is 0 Å². The molecule has 3 atom stereocenters. The number of piperidine rings is 1. The smallest absolute Gasteiger partial charge is 0.220 e. The lowest BCUT2D eigenvalue weighted by atomic mass is 9.89. The van der Waals surface area contributed by atoms with Crippen LogP contribution in [0.25, 0.3) is 11.3 Å². The second-order valence-corrected chi connectivity index (χ2v) is 7.68. The van der Waals surface area contributed by atoms with Crippen molar-refractivity contribution in [3.05, 3.63) is 47.7 Å². The summed E-state index contributed by atoms with van der Waals surface area (Å²) in [6.07, 6.45) is 3.07. The first-order valence-corrected chi connectivity index (χ1v) is 9.21. The van der Waals surface area contributed by atoms with E-state index in [1.54, 1.807) is 0 Å². The quantitative estimate of drug-likeness (QED) is 0.926. The Morgan fingerprint density at radius 1 is 1.12 bits per heavy atom. The molecule has 4 rings (SSSR count). The van der Waals surface area contributed by atoms with Crippen LogP contribution in [0.4, 0.5) is 0 Å². The number of fused-ring (bicyclic) bond motifs is 1. The van der Waals surface area contributed by atoms with Gasteiger partial charge in [-0.1, -0.05) is 24.3 Å². The van der Waals surface area contributed by atoms with E-state index in [2.05, 4.69) is 41.5 Å². The van der Waals surface area contributed by atoms with E-state index in [0.29, 0.717) is 24.3 Å². The molecule has 1 saturated heterocycles. The lowest BCUT2D eigenvalue weighted by Gasteiger charge is -2.24. The van der Waals surface area contributed by atoms with Crippen molar-refractivity contribution in [1.82, 2.24) is 10.2 Å². The van der Waals surface area contributed by atoms with Crippen molar-refractivity contribution in [2.24, 2.45) is 11.8 Å². The highest BCUT2D eigenvalue weighted by atomic mass is 16.3. The Kier molecular flexibility index (Phi) is 4.38. The Balaban J connectivity index is 1.38. The van der Waals surface area contributed by atoms with Crippen molar-refractivity contribution < 1.29 is 9.21 Å². The zero-order valence-electron chi connectivity index (χ0n) is 15.0. The lowest BCUT2D eigenvalue weighted by molar-refractivity contribution is -0.124. The van der Waals surface area contributed by atoms with E-state index in [-0.39, 0.29) is 5.91 Å². The fourth-order valence-electron chi connectivity index (χ4n) is 4.38.